The first-order valence-electron chi connectivity index (χ1n) is 6.61. The number of ether oxygens (including phenoxy) is 1. The Morgan fingerprint density at radius 1 is 1.09 bits per heavy atom. The van der Waals surface area contributed by atoms with Crippen LogP contribution in [0.4, 0.5) is 10.6 Å². The number of carbonyl (C=O) groups excluding carboxylic acids is 1. The molecule has 0 aliphatic heterocycles. The van der Waals surface area contributed by atoms with Gasteiger partial charge < -0.3 is 9.26 Å². The molecule has 0 spiro atoms. The van der Waals surface area contributed by atoms with Crippen molar-refractivity contribution in [3.63, 3.8) is 0 Å². The van der Waals surface area contributed by atoms with E-state index in [-0.39, 0.29) is 0 Å². The van der Waals surface area contributed by atoms with Gasteiger partial charge >= 0.3 is 6.09 Å². The van der Waals surface area contributed by atoms with Crippen molar-refractivity contribution >= 4 is 44.3 Å². The highest BCUT2D eigenvalue weighted by Crippen LogP contribution is 2.32. The Balaban J connectivity index is 1.58. The van der Waals surface area contributed by atoms with Gasteiger partial charge in [-0.1, -0.05) is 29.4 Å². The molecule has 0 fully saturated rings. The molecule has 0 saturated carbocycles. The van der Waals surface area contributed by atoms with Crippen molar-refractivity contribution in [1.82, 2.24) is 5.16 Å². The molecule has 0 bridgehead atoms. The third-order valence-electron chi connectivity index (χ3n) is 3.25. The highest BCUT2D eigenvalue weighted by Gasteiger charge is 2.14. The molecule has 1 amide bonds. The lowest BCUT2D eigenvalue weighted by Gasteiger charge is -2.03. The molecule has 2 heterocycles. The van der Waals surface area contributed by atoms with E-state index in [0.29, 0.717) is 17.2 Å². The molecule has 0 radical (unpaired) electrons. The molecule has 0 aliphatic rings. The normalized spacial score (nSPS) is 10.9. The Morgan fingerprint density at radius 3 is 2.77 bits per heavy atom. The summed E-state index contributed by atoms with van der Waals surface area (Å²) < 4.78 is 11.6. The van der Waals surface area contributed by atoms with Crippen LogP contribution in [0.1, 0.15) is 0 Å². The molecule has 0 atom stereocenters. The number of anilines is 1. The van der Waals surface area contributed by atoms with Gasteiger partial charge in [0.1, 0.15) is 0 Å². The molecule has 1 N–H and O–H groups in total. The highest BCUT2D eigenvalue weighted by atomic mass is 32.1. The second kappa shape index (κ2) is 5.16. The van der Waals surface area contributed by atoms with Gasteiger partial charge in [-0.15, -0.1) is 11.3 Å². The second-order valence-electron chi connectivity index (χ2n) is 4.64. The third-order valence-corrected chi connectivity index (χ3v) is 4.19. The fourth-order valence-corrected chi connectivity index (χ4v) is 3.09. The fourth-order valence-electron chi connectivity index (χ4n) is 2.23. The zero-order valence-corrected chi connectivity index (χ0v) is 12.1. The first-order valence-corrected chi connectivity index (χ1v) is 7.49. The first-order chi connectivity index (χ1) is 10.8. The molecule has 5 nitrogen and oxygen atoms in total. The SMILES string of the molecule is O=C(Nc1noc2ccccc12)Oc1csc2ccccc12. The number of thiophene rings is 1. The molecule has 108 valence electrons. The van der Waals surface area contributed by atoms with Crippen LogP contribution in [0.15, 0.2) is 58.4 Å². The number of hydrogen-bond acceptors (Lipinski definition) is 5. The van der Waals surface area contributed by atoms with E-state index in [4.69, 9.17) is 9.26 Å². The smallest absolute Gasteiger partial charge is 0.409 e. The van der Waals surface area contributed by atoms with Crippen molar-refractivity contribution in [3.05, 3.63) is 53.9 Å². The van der Waals surface area contributed by atoms with Gasteiger partial charge in [-0.05, 0) is 24.3 Å². The summed E-state index contributed by atoms with van der Waals surface area (Å²) >= 11 is 1.53. The minimum atomic E-state index is -0.595. The minimum absolute atomic E-state index is 0.347. The van der Waals surface area contributed by atoms with Crippen LogP contribution >= 0.6 is 11.3 Å². The molecule has 0 saturated heterocycles. The quantitative estimate of drug-likeness (QED) is 0.585. The summed E-state index contributed by atoms with van der Waals surface area (Å²) in [5, 5.41) is 9.90. The van der Waals surface area contributed by atoms with E-state index in [2.05, 4.69) is 10.5 Å². The van der Waals surface area contributed by atoms with Gasteiger partial charge in [0, 0.05) is 15.5 Å². The Kier molecular flexibility index (Phi) is 3.01. The van der Waals surface area contributed by atoms with E-state index < -0.39 is 6.09 Å². The number of rotatable bonds is 2. The number of amides is 1. The van der Waals surface area contributed by atoms with Gasteiger partial charge in [0.2, 0.25) is 0 Å². The van der Waals surface area contributed by atoms with E-state index in [9.17, 15) is 4.79 Å². The summed E-state index contributed by atoms with van der Waals surface area (Å²) in [6.07, 6.45) is -0.595. The van der Waals surface area contributed by atoms with Crippen molar-refractivity contribution in [2.24, 2.45) is 0 Å². The van der Waals surface area contributed by atoms with Crippen LogP contribution in [0.25, 0.3) is 21.1 Å². The zero-order valence-electron chi connectivity index (χ0n) is 11.3. The third kappa shape index (κ3) is 2.19. The lowest BCUT2D eigenvalue weighted by atomic mass is 10.2. The van der Waals surface area contributed by atoms with Crippen LogP contribution in [0.5, 0.6) is 5.75 Å². The Bertz CT molecular complexity index is 896. The molecule has 0 aliphatic carbocycles. The van der Waals surface area contributed by atoms with Gasteiger partial charge in [-0.3, -0.25) is 5.32 Å². The van der Waals surface area contributed by atoms with Gasteiger partial charge in [-0.25, -0.2) is 4.79 Å². The van der Waals surface area contributed by atoms with Crippen LogP contribution in [-0.2, 0) is 0 Å². The lowest BCUT2D eigenvalue weighted by molar-refractivity contribution is 0.215. The average Bonchev–Trinajstić information content (AvgIpc) is 3.13. The molecule has 2 aromatic carbocycles. The van der Waals surface area contributed by atoms with E-state index in [1.807, 2.05) is 47.8 Å². The van der Waals surface area contributed by atoms with Crippen LogP contribution in [0.2, 0.25) is 0 Å². The summed E-state index contributed by atoms with van der Waals surface area (Å²) in [7, 11) is 0. The first kappa shape index (κ1) is 12.8. The van der Waals surface area contributed by atoms with E-state index >= 15 is 0 Å². The maximum Gasteiger partial charge on any atom is 0.418 e. The van der Waals surface area contributed by atoms with Crippen molar-refractivity contribution < 1.29 is 14.1 Å². The van der Waals surface area contributed by atoms with Gasteiger partial charge in [0.25, 0.3) is 0 Å². The topological polar surface area (TPSA) is 64.4 Å². The average molecular weight is 310 g/mol. The van der Waals surface area contributed by atoms with Crippen LogP contribution in [-0.4, -0.2) is 11.2 Å². The number of hydrogen-bond donors (Lipinski definition) is 1. The van der Waals surface area contributed by atoms with Crippen LogP contribution in [0.3, 0.4) is 0 Å². The summed E-state index contributed by atoms with van der Waals surface area (Å²) in [6, 6.07) is 15.0. The van der Waals surface area contributed by atoms with E-state index in [0.717, 1.165) is 15.5 Å². The number of nitrogens with one attached hydrogen (secondary N) is 1. The lowest BCUT2D eigenvalue weighted by Crippen LogP contribution is -2.16. The van der Waals surface area contributed by atoms with Crippen molar-refractivity contribution in [2.45, 2.75) is 0 Å². The number of benzene rings is 2. The van der Waals surface area contributed by atoms with Crippen LogP contribution < -0.4 is 10.1 Å². The van der Waals surface area contributed by atoms with Crippen LogP contribution in [0, 0.1) is 0 Å². The maximum atomic E-state index is 12.1. The molecule has 2 aromatic heterocycles. The molecular formula is C16H10N2O3S. The van der Waals surface area contributed by atoms with Crippen molar-refractivity contribution in [3.8, 4) is 5.75 Å². The molecule has 0 unspecified atom stereocenters. The van der Waals surface area contributed by atoms with Crippen molar-refractivity contribution in [1.29, 1.82) is 0 Å². The number of nitrogens with zero attached hydrogens (tertiary/aromatic N) is 1. The van der Waals surface area contributed by atoms with Gasteiger partial charge in [0.05, 0.1) is 5.39 Å². The fraction of sp³-hybridized carbons (Fsp3) is 0. The van der Waals surface area contributed by atoms with E-state index in [1.165, 1.54) is 11.3 Å². The number of aromatic nitrogens is 1. The summed E-state index contributed by atoms with van der Waals surface area (Å²) in [6.45, 7) is 0. The number of para-hydroxylation sites is 1. The summed E-state index contributed by atoms with van der Waals surface area (Å²) in [4.78, 5) is 12.1. The van der Waals surface area contributed by atoms with E-state index in [1.54, 1.807) is 6.07 Å². The highest BCUT2D eigenvalue weighted by molar-refractivity contribution is 7.17. The molecule has 22 heavy (non-hydrogen) atoms. The number of fused-ring (bicyclic) bond motifs is 2. The van der Waals surface area contributed by atoms with Gasteiger partial charge in [0.15, 0.2) is 17.2 Å². The molecule has 6 heteroatoms. The predicted octanol–water partition coefficient (Wildman–Crippen LogP) is 4.65. The van der Waals surface area contributed by atoms with Crippen molar-refractivity contribution in [2.75, 3.05) is 5.32 Å². The molecular weight excluding hydrogens is 300 g/mol. The molecule has 4 rings (SSSR count). The van der Waals surface area contributed by atoms with Gasteiger partial charge in [-0.2, -0.15) is 0 Å². The summed E-state index contributed by atoms with van der Waals surface area (Å²) in [5.41, 5.74) is 0.610. The maximum absolute atomic E-state index is 12.1. The zero-order chi connectivity index (χ0) is 14.9. The minimum Gasteiger partial charge on any atom is -0.409 e. The standard InChI is InChI=1S/C16H10N2O3S/c19-16(17-15-11-6-1-3-7-12(11)21-18-15)20-13-9-22-14-8-4-2-5-10(13)14/h1-9H,(H,17,18,19). The second-order valence-corrected chi connectivity index (χ2v) is 5.55. The molecule has 4 aromatic rings. The largest absolute Gasteiger partial charge is 0.418 e. The Morgan fingerprint density at radius 2 is 1.86 bits per heavy atom. The Labute approximate surface area is 129 Å². The summed E-state index contributed by atoms with van der Waals surface area (Å²) in [5.74, 6) is 0.881. The number of carbonyl (C=O) groups is 1. The predicted molar refractivity (Wildman–Crippen MR) is 85.5 cm³/mol. The Hall–Kier alpha value is -2.86. The monoisotopic (exact) mass is 310 g/mol.